The van der Waals surface area contributed by atoms with Crippen LogP contribution in [0, 0.1) is 0 Å². The summed E-state index contributed by atoms with van der Waals surface area (Å²) < 4.78 is 39.1. The van der Waals surface area contributed by atoms with E-state index in [-0.39, 0.29) is 0 Å². The molecule has 22 heavy (non-hydrogen) atoms. The van der Waals surface area contributed by atoms with Gasteiger partial charge in [0.2, 0.25) is 0 Å². The van der Waals surface area contributed by atoms with E-state index in [2.05, 4.69) is 5.32 Å². The maximum atomic E-state index is 14.4. The third kappa shape index (κ3) is 3.48. The van der Waals surface area contributed by atoms with Crippen LogP contribution in [0.15, 0.2) is 18.2 Å². The second-order valence-corrected chi connectivity index (χ2v) is 5.22. The van der Waals surface area contributed by atoms with E-state index in [4.69, 9.17) is 14.6 Å². The summed E-state index contributed by atoms with van der Waals surface area (Å²) in [7, 11) is 2.94. The molecule has 5 nitrogen and oxygen atoms in total. The van der Waals surface area contributed by atoms with Crippen LogP contribution >= 0.6 is 0 Å². The molecule has 0 aliphatic carbocycles. The van der Waals surface area contributed by atoms with E-state index >= 15 is 0 Å². The highest BCUT2D eigenvalue weighted by Crippen LogP contribution is 2.41. The van der Waals surface area contributed by atoms with Gasteiger partial charge in [0, 0.05) is 37.8 Å². The monoisotopic (exact) mass is 316 g/mol. The largest absolute Gasteiger partial charge is 0.497 e. The van der Waals surface area contributed by atoms with Gasteiger partial charge in [-0.2, -0.15) is 0 Å². The van der Waals surface area contributed by atoms with Crippen LogP contribution < -0.4 is 14.8 Å². The van der Waals surface area contributed by atoms with Gasteiger partial charge in [0.05, 0.1) is 14.2 Å². The zero-order valence-electron chi connectivity index (χ0n) is 12.8. The predicted octanol–water partition coefficient (Wildman–Crippen LogP) is 1.28. The molecule has 1 fully saturated rings. The van der Waals surface area contributed by atoms with Crippen molar-refractivity contribution in [3.8, 4) is 11.5 Å². The number of halogens is 2. The number of hydrogen-bond donors (Lipinski definition) is 2. The van der Waals surface area contributed by atoms with Crippen LogP contribution in [0.1, 0.15) is 11.6 Å². The Hall–Kier alpha value is -1.44. The number of ether oxygens (including phenoxy) is 2. The maximum absolute atomic E-state index is 14.4. The van der Waals surface area contributed by atoms with Gasteiger partial charge in [0.1, 0.15) is 24.1 Å². The second kappa shape index (κ2) is 7.21. The molecule has 0 spiro atoms. The zero-order chi connectivity index (χ0) is 16.2. The molecule has 0 amide bonds. The third-order valence-electron chi connectivity index (χ3n) is 3.86. The predicted molar refractivity (Wildman–Crippen MR) is 78.8 cm³/mol. The molecule has 1 aromatic carbocycles. The first-order valence-electron chi connectivity index (χ1n) is 7.19. The van der Waals surface area contributed by atoms with Gasteiger partial charge in [-0.15, -0.1) is 0 Å². The quantitative estimate of drug-likeness (QED) is 0.828. The zero-order valence-corrected chi connectivity index (χ0v) is 12.8. The second-order valence-electron chi connectivity index (χ2n) is 5.22. The number of aliphatic hydroxyl groups excluding tert-OH is 1. The molecule has 0 radical (unpaired) electrons. The Kier molecular flexibility index (Phi) is 5.55. The highest BCUT2D eigenvalue weighted by Gasteiger charge is 2.45. The standard InChI is InChI=1S/C15H22F2N2O3/c1-21-11-3-4-12(13(9-11)22-2)14(15(16,17)10-20)19-7-5-18-6-8-19/h3-4,9,14,18,20H,5-8,10H2,1-2H3/t14-/m0/s1. The summed E-state index contributed by atoms with van der Waals surface area (Å²) >= 11 is 0. The van der Waals surface area contributed by atoms with Gasteiger partial charge in [-0.3, -0.25) is 4.90 Å². The summed E-state index contributed by atoms with van der Waals surface area (Å²) in [6.45, 7) is 1.02. The van der Waals surface area contributed by atoms with Crippen LogP contribution in [0.25, 0.3) is 0 Å². The van der Waals surface area contributed by atoms with E-state index in [1.54, 1.807) is 23.1 Å². The van der Waals surface area contributed by atoms with Crippen LogP contribution in [0.2, 0.25) is 0 Å². The molecule has 1 atom stereocenters. The fourth-order valence-corrected chi connectivity index (χ4v) is 2.76. The van der Waals surface area contributed by atoms with Gasteiger partial charge >= 0.3 is 0 Å². The van der Waals surface area contributed by atoms with E-state index in [0.29, 0.717) is 43.2 Å². The Morgan fingerprint density at radius 2 is 1.95 bits per heavy atom. The van der Waals surface area contributed by atoms with Crippen LogP contribution in [0.4, 0.5) is 8.78 Å². The Balaban J connectivity index is 2.44. The number of nitrogens with zero attached hydrogens (tertiary/aromatic N) is 1. The molecule has 2 N–H and O–H groups in total. The maximum Gasteiger partial charge on any atom is 0.290 e. The molecule has 0 saturated carbocycles. The Morgan fingerprint density at radius 3 is 2.50 bits per heavy atom. The van der Waals surface area contributed by atoms with Crippen LogP contribution in [-0.4, -0.2) is 62.9 Å². The summed E-state index contributed by atoms with van der Waals surface area (Å²) in [6, 6.07) is 3.55. The van der Waals surface area contributed by atoms with Gasteiger partial charge in [0.25, 0.3) is 5.92 Å². The lowest BCUT2D eigenvalue weighted by Gasteiger charge is -2.39. The first-order chi connectivity index (χ1) is 10.5. The number of alkyl halides is 2. The molecule has 124 valence electrons. The Morgan fingerprint density at radius 1 is 1.27 bits per heavy atom. The summed E-state index contributed by atoms with van der Waals surface area (Å²) in [6.07, 6.45) is 0. The molecule has 2 rings (SSSR count). The van der Waals surface area contributed by atoms with Crippen LogP contribution in [0.3, 0.4) is 0 Å². The molecule has 1 aromatic rings. The molecule has 0 aromatic heterocycles. The first-order valence-corrected chi connectivity index (χ1v) is 7.19. The lowest BCUT2D eigenvalue weighted by atomic mass is 9.97. The molecule has 7 heteroatoms. The van der Waals surface area contributed by atoms with Crippen molar-refractivity contribution >= 4 is 0 Å². The van der Waals surface area contributed by atoms with E-state index in [1.807, 2.05) is 0 Å². The fraction of sp³-hybridized carbons (Fsp3) is 0.600. The van der Waals surface area contributed by atoms with Gasteiger partial charge < -0.3 is 19.9 Å². The van der Waals surface area contributed by atoms with E-state index in [9.17, 15) is 8.78 Å². The smallest absolute Gasteiger partial charge is 0.290 e. The molecule has 1 aliphatic heterocycles. The lowest BCUT2D eigenvalue weighted by molar-refractivity contribution is -0.119. The van der Waals surface area contributed by atoms with Gasteiger partial charge in [-0.05, 0) is 12.1 Å². The van der Waals surface area contributed by atoms with Gasteiger partial charge in [-0.1, -0.05) is 0 Å². The normalized spacial score (nSPS) is 18.0. The summed E-state index contributed by atoms with van der Waals surface area (Å²) in [5.74, 6) is -2.40. The molecule has 1 aliphatic rings. The van der Waals surface area contributed by atoms with Crippen molar-refractivity contribution in [3.05, 3.63) is 23.8 Å². The Bertz CT molecular complexity index is 494. The van der Waals surface area contributed by atoms with Crippen LogP contribution in [-0.2, 0) is 0 Å². The SMILES string of the molecule is COc1ccc([C@H](N2CCNCC2)C(F)(F)CO)c(OC)c1. The van der Waals surface area contributed by atoms with Gasteiger partial charge in [-0.25, -0.2) is 8.78 Å². The molecule has 1 saturated heterocycles. The molecule has 0 bridgehead atoms. The van der Waals surface area contributed by atoms with Crippen molar-refractivity contribution in [3.63, 3.8) is 0 Å². The number of methoxy groups -OCH3 is 2. The highest BCUT2D eigenvalue weighted by molar-refractivity contribution is 5.43. The van der Waals surface area contributed by atoms with Crippen molar-refractivity contribution in [2.45, 2.75) is 12.0 Å². The summed E-state index contributed by atoms with van der Waals surface area (Å²) in [5.41, 5.74) is 0.351. The molecule has 0 unspecified atom stereocenters. The average Bonchev–Trinajstić information content (AvgIpc) is 2.56. The van der Waals surface area contributed by atoms with Crippen molar-refractivity contribution in [1.29, 1.82) is 0 Å². The molecular formula is C15H22F2N2O3. The number of piperazine rings is 1. The third-order valence-corrected chi connectivity index (χ3v) is 3.86. The minimum absolute atomic E-state index is 0.330. The van der Waals surface area contributed by atoms with Crippen molar-refractivity contribution in [2.75, 3.05) is 47.0 Å². The summed E-state index contributed by atoms with van der Waals surface area (Å²) in [5, 5.41) is 12.3. The van der Waals surface area contributed by atoms with E-state index in [1.165, 1.54) is 14.2 Å². The minimum Gasteiger partial charge on any atom is -0.497 e. The number of aliphatic hydroxyl groups is 1. The topological polar surface area (TPSA) is 54.0 Å². The van der Waals surface area contributed by atoms with Crippen molar-refractivity contribution < 1.29 is 23.4 Å². The minimum atomic E-state index is -3.26. The highest BCUT2D eigenvalue weighted by atomic mass is 19.3. The molecule has 1 heterocycles. The average molecular weight is 316 g/mol. The van der Waals surface area contributed by atoms with E-state index in [0.717, 1.165) is 0 Å². The number of nitrogens with one attached hydrogen (secondary N) is 1. The number of benzene rings is 1. The number of rotatable bonds is 6. The van der Waals surface area contributed by atoms with Crippen molar-refractivity contribution in [2.24, 2.45) is 0 Å². The van der Waals surface area contributed by atoms with E-state index < -0.39 is 18.6 Å². The van der Waals surface area contributed by atoms with Gasteiger partial charge in [0.15, 0.2) is 0 Å². The van der Waals surface area contributed by atoms with Crippen LogP contribution in [0.5, 0.6) is 11.5 Å². The summed E-state index contributed by atoms with van der Waals surface area (Å²) in [4.78, 5) is 1.68. The fourth-order valence-electron chi connectivity index (χ4n) is 2.76. The lowest BCUT2D eigenvalue weighted by Crippen LogP contribution is -2.51. The first kappa shape index (κ1) is 16.9. The van der Waals surface area contributed by atoms with Crippen molar-refractivity contribution in [1.82, 2.24) is 10.2 Å². The Labute approximate surface area is 128 Å². The molecular weight excluding hydrogens is 294 g/mol. The number of hydrogen-bond acceptors (Lipinski definition) is 5.